The van der Waals surface area contributed by atoms with Crippen molar-refractivity contribution in [3.05, 3.63) is 28.5 Å². The highest BCUT2D eigenvalue weighted by atomic mass is 16.8. The minimum atomic E-state index is -0.993. The largest absolute Gasteiger partial charge is 0.600 e. The average molecular weight is 456 g/mol. The van der Waals surface area contributed by atoms with E-state index in [9.17, 15) is 20.0 Å². The SMILES string of the molecule is CC1(C)CC(=O)c2c(ccc3c2NC(=O)[C@]32C[C@]3([NH+]([O-])O)CN4CCC[C@H]4C[C@@H]3C2(C)C)O1. The maximum atomic E-state index is 13.9. The highest BCUT2D eigenvalue weighted by Crippen LogP contribution is 2.67. The Balaban J connectivity index is 1.53. The number of carbonyl (C=O) groups is 2. The summed E-state index contributed by atoms with van der Waals surface area (Å²) >= 11 is 0. The molecule has 1 aliphatic carbocycles. The summed E-state index contributed by atoms with van der Waals surface area (Å²) in [6.45, 7) is 9.33. The molecule has 178 valence electrons. The zero-order chi connectivity index (χ0) is 23.6. The van der Waals surface area contributed by atoms with Gasteiger partial charge in [-0.2, -0.15) is 0 Å². The Morgan fingerprint density at radius 3 is 2.73 bits per heavy atom. The summed E-state index contributed by atoms with van der Waals surface area (Å²) < 4.78 is 6.08. The monoisotopic (exact) mass is 455 g/mol. The van der Waals surface area contributed by atoms with Crippen LogP contribution in [0.5, 0.6) is 5.75 Å². The molecule has 4 heterocycles. The molecule has 8 nitrogen and oxygen atoms in total. The molecule has 2 saturated heterocycles. The Labute approximate surface area is 193 Å². The van der Waals surface area contributed by atoms with Crippen LogP contribution < -0.4 is 15.3 Å². The lowest BCUT2D eigenvalue weighted by Crippen LogP contribution is -3.16. The molecule has 0 bridgehead atoms. The minimum absolute atomic E-state index is 0.0442. The third-order valence-electron chi connectivity index (χ3n) is 9.64. The molecule has 1 aromatic rings. The molecular formula is C25H33N3O5. The second kappa shape index (κ2) is 6.36. The number of ether oxygens (including phenoxy) is 1. The van der Waals surface area contributed by atoms with Crippen molar-refractivity contribution in [2.75, 3.05) is 18.4 Å². The molecule has 3 fully saturated rings. The van der Waals surface area contributed by atoms with Gasteiger partial charge in [-0.3, -0.25) is 14.5 Å². The van der Waals surface area contributed by atoms with Gasteiger partial charge in [0.05, 0.1) is 29.6 Å². The van der Waals surface area contributed by atoms with Gasteiger partial charge in [-0.15, -0.1) is 0 Å². The first-order chi connectivity index (χ1) is 15.4. The maximum Gasteiger partial charge on any atom is 0.235 e. The summed E-state index contributed by atoms with van der Waals surface area (Å²) in [6, 6.07) is 4.09. The maximum absolute atomic E-state index is 13.9. The Kier molecular flexibility index (Phi) is 4.15. The molecule has 6 rings (SSSR count). The number of ketones is 1. The van der Waals surface area contributed by atoms with Crippen LogP contribution in [0.15, 0.2) is 12.1 Å². The summed E-state index contributed by atoms with van der Waals surface area (Å²) in [5, 5.41) is 25.7. The number of anilines is 1. The standard InChI is InChI=1S/C25H33N3O5/c1-22(2)11-16(29)19-17(33-22)8-7-15-20(19)26-21(30)25(15)12-24(28(31)32)13-27-9-5-6-14(27)10-18(24)23(25,3)4/h7-8,14,18,28,31H,5-6,9-13H2,1-4H3,(H,26,30)/t14-,18+,24-,25-/m0/s1. The van der Waals surface area contributed by atoms with Crippen molar-refractivity contribution >= 4 is 17.4 Å². The van der Waals surface area contributed by atoms with Crippen LogP contribution in [0.1, 0.15) is 75.7 Å². The molecular weight excluding hydrogens is 422 g/mol. The van der Waals surface area contributed by atoms with E-state index in [1.165, 1.54) is 0 Å². The van der Waals surface area contributed by atoms with E-state index >= 15 is 0 Å². The fraction of sp³-hybridized carbons (Fsp3) is 0.680. The number of carbonyl (C=O) groups excluding carboxylic acids is 2. The van der Waals surface area contributed by atoms with E-state index in [0.29, 0.717) is 29.6 Å². The van der Waals surface area contributed by atoms with Crippen molar-refractivity contribution in [1.29, 1.82) is 0 Å². The van der Waals surface area contributed by atoms with E-state index in [1.54, 1.807) is 6.07 Å². The Bertz CT molecular complexity index is 1080. The molecule has 5 atom stereocenters. The van der Waals surface area contributed by atoms with Gasteiger partial charge >= 0.3 is 0 Å². The van der Waals surface area contributed by atoms with Crippen molar-refractivity contribution in [1.82, 2.24) is 4.90 Å². The number of nitrogens with zero attached hydrogens (tertiary/aromatic N) is 1. The lowest BCUT2D eigenvalue weighted by Gasteiger charge is -2.50. The normalized spacial score (nSPS) is 38.8. The number of piperidine rings is 1. The van der Waals surface area contributed by atoms with Crippen LogP contribution in [0.25, 0.3) is 0 Å². The van der Waals surface area contributed by atoms with Crippen LogP contribution >= 0.6 is 0 Å². The molecule has 0 radical (unpaired) electrons. The van der Waals surface area contributed by atoms with Crippen molar-refractivity contribution in [3.63, 3.8) is 0 Å². The Morgan fingerprint density at radius 1 is 1.24 bits per heavy atom. The number of amides is 1. The van der Waals surface area contributed by atoms with Crippen LogP contribution in [0, 0.1) is 16.5 Å². The highest BCUT2D eigenvalue weighted by molar-refractivity contribution is 6.15. The number of quaternary nitrogens is 1. The van der Waals surface area contributed by atoms with Crippen LogP contribution in [0.4, 0.5) is 5.69 Å². The summed E-state index contributed by atoms with van der Waals surface area (Å²) in [5.74, 6) is 0.149. The van der Waals surface area contributed by atoms with Gasteiger partial charge in [-0.05, 0) is 56.7 Å². The summed E-state index contributed by atoms with van der Waals surface area (Å²) in [4.78, 5) is 29.4. The molecule has 5 aliphatic rings. The van der Waals surface area contributed by atoms with Crippen molar-refractivity contribution in [2.24, 2.45) is 11.3 Å². The molecule has 0 aromatic heterocycles. The fourth-order valence-electron chi connectivity index (χ4n) is 8.19. The molecule has 1 saturated carbocycles. The van der Waals surface area contributed by atoms with Gasteiger partial charge in [-0.25, -0.2) is 10.4 Å². The van der Waals surface area contributed by atoms with Gasteiger partial charge in [0.15, 0.2) is 5.78 Å². The number of nitrogens with one attached hydrogen (secondary N) is 2. The fourth-order valence-corrected chi connectivity index (χ4v) is 8.19. The van der Waals surface area contributed by atoms with Crippen molar-refractivity contribution in [2.45, 2.75) is 82.4 Å². The van der Waals surface area contributed by atoms with Gasteiger partial charge in [0.1, 0.15) is 16.9 Å². The van der Waals surface area contributed by atoms with Gasteiger partial charge in [0.2, 0.25) is 5.91 Å². The van der Waals surface area contributed by atoms with E-state index in [4.69, 9.17) is 4.74 Å². The Morgan fingerprint density at radius 2 is 2.00 bits per heavy atom. The second-order valence-electron chi connectivity index (χ2n) is 12.1. The molecule has 1 amide bonds. The van der Waals surface area contributed by atoms with Crippen LogP contribution in [0.3, 0.4) is 0 Å². The first-order valence-electron chi connectivity index (χ1n) is 12.1. The summed E-state index contributed by atoms with van der Waals surface area (Å²) in [6.07, 6.45) is 3.49. The van der Waals surface area contributed by atoms with E-state index in [0.717, 1.165) is 31.4 Å². The number of hydrogen-bond donors (Lipinski definition) is 3. The molecule has 3 N–H and O–H groups in total. The van der Waals surface area contributed by atoms with Crippen LogP contribution in [-0.2, 0) is 10.2 Å². The smallest absolute Gasteiger partial charge is 0.235 e. The number of benzene rings is 1. The lowest BCUT2D eigenvalue weighted by atomic mass is 9.60. The minimum Gasteiger partial charge on any atom is -0.600 e. The first-order valence-corrected chi connectivity index (χ1v) is 12.1. The van der Waals surface area contributed by atoms with E-state index in [1.807, 2.05) is 19.9 Å². The number of Topliss-reactive ketones (excluding diaryl/α,β-unsaturated/α-hetero) is 1. The zero-order valence-corrected chi connectivity index (χ0v) is 19.8. The first kappa shape index (κ1) is 21.5. The summed E-state index contributed by atoms with van der Waals surface area (Å²) in [5.41, 5.74) is -1.42. The van der Waals surface area contributed by atoms with Crippen LogP contribution in [-0.4, -0.2) is 52.1 Å². The van der Waals surface area contributed by atoms with E-state index in [2.05, 4.69) is 24.1 Å². The average Bonchev–Trinajstić information content (AvgIpc) is 3.33. The van der Waals surface area contributed by atoms with Crippen molar-refractivity contribution < 1.29 is 24.8 Å². The van der Waals surface area contributed by atoms with Crippen LogP contribution in [0.2, 0.25) is 0 Å². The lowest BCUT2D eigenvalue weighted by molar-refractivity contribution is -1.09. The number of hydroxylamine groups is 2. The van der Waals surface area contributed by atoms with E-state index in [-0.39, 0.29) is 30.4 Å². The predicted octanol–water partition coefficient (Wildman–Crippen LogP) is 2.05. The highest BCUT2D eigenvalue weighted by Gasteiger charge is 2.75. The quantitative estimate of drug-likeness (QED) is 0.560. The van der Waals surface area contributed by atoms with Gasteiger partial charge in [0.25, 0.3) is 0 Å². The molecule has 1 aromatic carbocycles. The van der Waals surface area contributed by atoms with Gasteiger partial charge in [0, 0.05) is 18.4 Å². The topological polar surface area (TPSA) is 106 Å². The van der Waals surface area contributed by atoms with E-state index < -0.39 is 27.2 Å². The number of rotatable bonds is 1. The Hall–Kier alpha value is -2.00. The van der Waals surface area contributed by atoms with Crippen molar-refractivity contribution in [3.8, 4) is 5.75 Å². The second-order valence-corrected chi connectivity index (χ2v) is 12.1. The third-order valence-corrected chi connectivity index (χ3v) is 9.64. The van der Waals surface area contributed by atoms with Gasteiger partial charge in [-0.1, -0.05) is 19.9 Å². The molecule has 33 heavy (non-hydrogen) atoms. The molecule has 1 unspecified atom stereocenters. The number of fused-ring (bicyclic) bond motifs is 6. The van der Waals surface area contributed by atoms with Gasteiger partial charge < -0.3 is 15.3 Å². The third kappa shape index (κ3) is 2.50. The predicted molar refractivity (Wildman–Crippen MR) is 120 cm³/mol. The summed E-state index contributed by atoms with van der Waals surface area (Å²) in [7, 11) is 0. The number of hydrogen-bond acceptors (Lipinski definition) is 6. The zero-order valence-electron chi connectivity index (χ0n) is 19.8. The molecule has 4 aliphatic heterocycles. The molecule has 1 spiro atoms. The molecule has 8 heteroatoms.